The van der Waals surface area contributed by atoms with E-state index in [2.05, 4.69) is 0 Å². The maximum Gasteiger partial charge on any atom is 0.254 e. The zero-order valence-corrected chi connectivity index (χ0v) is 15.0. The third-order valence-corrected chi connectivity index (χ3v) is 7.43. The number of benzene rings is 1. The number of carbonyl (C=O) groups is 2. The number of nitrogens with zero attached hydrogens (tertiary/aromatic N) is 2. The molecule has 0 unspecified atom stereocenters. The molecule has 2 saturated heterocycles. The second-order valence-electron chi connectivity index (χ2n) is 7.64. The van der Waals surface area contributed by atoms with Gasteiger partial charge in [-0.15, -0.1) is 0 Å². The van der Waals surface area contributed by atoms with Gasteiger partial charge in [0, 0.05) is 24.1 Å². The second-order valence-corrected chi connectivity index (χ2v) is 9.79. The van der Waals surface area contributed by atoms with Gasteiger partial charge in [-0.05, 0) is 25.0 Å². The molecule has 1 aliphatic carbocycles. The van der Waals surface area contributed by atoms with Crippen LogP contribution in [-0.2, 0) is 14.6 Å². The van der Waals surface area contributed by atoms with Crippen molar-refractivity contribution in [2.75, 3.05) is 24.6 Å². The molecule has 0 spiro atoms. The second kappa shape index (κ2) is 5.56. The zero-order valence-electron chi connectivity index (χ0n) is 14.2. The maximum atomic E-state index is 12.9. The van der Waals surface area contributed by atoms with Gasteiger partial charge in [0.25, 0.3) is 5.91 Å². The molecule has 7 heteroatoms. The molecule has 2 aliphatic heterocycles. The molecule has 1 aromatic carbocycles. The Morgan fingerprint density at radius 1 is 1.00 bits per heavy atom. The normalized spacial score (nSPS) is 29.2. The minimum absolute atomic E-state index is 0.0436. The van der Waals surface area contributed by atoms with Crippen molar-refractivity contribution in [1.82, 2.24) is 9.80 Å². The number of amides is 2. The van der Waals surface area contributed by atoms with E-state index in [0.717, 1.165) is 12.8 Å². The van der Waals surface area contributed by atoms with Crippen LogP contribution in [0.5, 0.6) is 0 Å². The predicted octanol–water partition coefficient (Wildman–Crippen LogP) is 0.937. The summed E-state index contributed by atoms with van der Waals surface area (Å²) in [5, 5.41) is 0. The molecule has 2 heterocycles. The quantitative estimate of drug-likeness (QED) is 0.785. The molecule has 1 saturated carbocycles. The standard InChI is InChI=1S/C18H22N2O4S/c1-18(7-8-18)17(22)20-10-9-19(14-11-25(23,24)12-15(14)20)16(21)13-5-3-2-4-6-13/h2-6,14-15H,7-12H2,1H3/t14-,15+/m1/s1. The summed E-state index contributed by atoms with van der Waals surface area (Å²) in [5.74, 6) is -0.210. The number of carbonyl (C=O) groups excluding carboxylic acids is 2. The number of fused-ring (bicyclic) bond motifs is 1. The van der Waals surface area contributed by atoms with E-state index in [1.54, 1.807) is 34.1 Å². The summed E-state index contributed by atoms with van der Waals surface area (Å²) in [6, 6.07) is 8.04. The average Bonchev–Trinajstić information content (AvgIpc) is 3.25. The number of hydrogen-bond donors (Lipinski definition) is 0. The van der Waals surface area contributed by atoms with Crippen molar-refractivity contribution >= 4 is 21.7 Å². The van der Waals surface area contributed by atoms with E-state index >= 15 is 0 Å². The molecule has 0 N–H and O–H groups in total. The Labute approximate surface area is 147 Å². The van der Waals surface area contributed by atoms with Crippen molar-refractivity contribution in [3.05, 3.63) is 35.9 Å². The minimum Gasteiger partial charge on any atom is -0.334 e. The first-order valence-corrected chi connectivity index (χ1v) is 10.5. The Bertz CT molecular complexity index is 817. The van der Waals surface area contributed by atoms with Crippen LogP contribution in [0.15, 0.2) is 30.3 Å². The fourth-order valence-electron chi connectivity index (χ4n) is 3.95. The van der Waals surface area contributed by atoms with Gasteiger partial charge in [-0.3, -0.25) is 9.59 Å². The SMILES string of the molecule is CC1(C(=O)N2CCN(C(=O)c3ccccc3)[C@@H]3CS(=O)(=O)C[C@@H]32)CC1. The lowest BCUT2D eigenvalue weighted by atomic mass is 9.99. The monoisotopic (exact) mass is 362 g/mol. The Kier molecular flexibility index (Phi) is 3.68. The van der Waals surface area contributed by atoms with Crippen LogP contribution in [0.4, 0.5) is 0 Å². The van der Waals surface area contributed by atoms with E-state index < -0.39 is 21.9 Å². The van der Waals surface area contributed by atoms with Gasteiger partial charge in [0.05, 0.1) is 23.6 Å². The molecule has 134 valence electrons. The topological polar surface area (TPSA) is 74.8 Å². The van der Waals surface area contributed by atoms with Gasteiger partial charge in [0.2, 0.25) is 5.91 Å². The van der Waals surface area contributed by atoms with Gasteiger partial charge in [-0.25, -0.2) is 8.42 Å². The molecule has 2 amide bonds. The highest BCUT2D eigenvalue weighted by atomic mass is 32.2. The highest BCUT2D eigenvalue weighted by Gasteiger charge is 2.54. The van der Waals surface area contributed by atoms with Gasteiger partial charge in [-0.1, -0.05) is 25.1 Å². The van der Waals surface area contributed by atoms with Gasteiger partial charge in [-0.2, -0.15) is 0 Å². The number of rotatable bonds is 2. The smallest absolute Gasteiger partial charge is 0.254 e. The molecular weight excluding hydrogens is 340 g/mol. The molecule has 3 fully saturated rings. The van der Waals surface area contributed by atoms with E-state index in [-0.39, 0.29) is 28.7 Å². The first-order chi connectivity index (χ1) is 11.8. The molecule has 0 radical (unpaired) electrons. The van der Waals surface area contributed by atoms with Crippen LogP contribution >= 0.6 is 0 Å². The van der Waals surface area contributed by atoms with E-state index in [1.165, 1.54) is 0 Å². The average molecular weight is 362 g/mol. The van der Waals surface area contributed by atoms with Crippen molar-refractivity contribution in [3.8, 4) is 0 Å². The van der Waals surface area contributed by atoms with Crippen LogP contribution in [0.25, 0.3) is 0 Å². The number of sulfone groups is 1. The molecule has 1 aromatic rings. The fourth-order valence-corrected chi connectivity index (χ4v) is 5.93. The predicted molar refractivity (Wildman–Crippen MR) is 92.8 cm³/mol. The first-order valence-electron chi connectivity index (χ1n) is 8.68. The third-order valence-electron chi connectivity index (χ3n) is 5.73. The Balaban J connectivity index is 1.63. The highest BCUT2D eigenvalue weighted by Crippen LogP contribution is 2.47. The largest absolute Gasteiger partial charge is 0.334 e. The van der Waals surface area contributed by atoms with Gasteiger partial charge < -0.3 is 9.80 Å². The van der Waals surface area contributed by atoms with E-state index in [4.69, 9.17) is 0 Å². The molecule has 25 heavy (non-hydrogen) atoms. The highest BCUT2D eigenvalue weighted by molar-refractivity contribution is 7.91. The van der Waals surface area contributed by atoms with Crippen LogP contribution in [0, 0.1) is 5.41 Å². The van der Waals surface area contributed by atoms with Crippen LogP contribution in [0.3, 0.4) is 0 Å². The zero-order chi connectivity index (χ0) is 17.8. The number of piperazine rings is 1. The van der Waals surface area contributed by atoms with Crippen LogP contribution < -0.4 is 0 Å². The van der Waals surface area contributed by atoms with Crippen LogP contribution in [-0.4, -0.2) is 66.7 Å². The summed E-state index contributed by atoms with van der Waals surface area (Å²) in [4.78, 5) is 29.1. The summed E-state index contributed by atoms with van der Waals surface area (Å²) in [7, 11) is -3.26. The van der Waals surface area contributed by atoms with Crippen molar-refractivity contribution in [2.45, 2.75) is 31.8 Å². The van der Waals surface area contributed by atoms with Crippen molar-refractivity contribution in [3.63, 3.8) is 0 Å². The fraction of sp³-hybridized carbons (Fsp3) is 0.556. The summed E-state index contributed by atoms with van der Waals surface area (Å²) < 4.78 is 24.5. The van der Waals surface area contributed by atoms with Gasteiger partial charge in [0.1, 0.15) is 0 Å². The summed E-state index contributed by atoms with van der Waals surface area (Å²) >= 11 is 0. The minimum atomic E-state index is -3.26. The molecule has 0 aromatic heterocycles. The molecule has 0 bridgehead atoms. The van der Waals surface area contributed by atoms with E-state index in [1.807, 2.05) is 13.0 Å². The lowest BCUT2D eigenvalue weighted by molar-refractivity contribution is -0.141. The molecule has 2 atom stereocenters. The molecular formula is C18H22N2O4S. The van der Waals surface area contributed by atoms with Crippen molar-refractivity contribution < 1.29 is 18.0 Å². The van der Waals surface area contributed by atoms with Crippen LogP contribution in [0.1, 0.15) is 30.1 Å². The van der Waals surface area contributed by atoms with Crippen LogP contribution in [0.2, 0.25) is 0 Å². The Morgan fingerprint density at radius 3 is 2.16 bits per heavy atom. The molecule has 4 rings (SSSR count). The van der Waals surface area contributed by atoms with Gasteiger partial charge >= 0.3 is 0 Å². The van der Waals surface area contributed by atoms with E-state index in [0.29, 0.717) is 18.7 Å². The summed E-state index contributed by atoms with van der Waals surface area (Å²) in [5.41, 5.74) is 0.224. The molecule has 3 aliphatic rings. The summed E-state index contributed by atoms with van der Waals surface area (Å²) in [6.07, 6.45) is 1.72. The Hall–Kier alpha value is -1.89. The third kappa shape index (κ3) is 2.84. The lowest BCUT2D eigenvalue weighted by Gasteiger charge is -2.44. The lowest BCUT2D eigenvalue weighted by Crippen LogP contribution is -2.62. The first kappa shape index (κ1) is 16.6. The van der Waals surface area contributed by atoms with Crippen molar-refractivity contribution in [1.29, 1.82) is 0 Å². The van der Waals surface area contributed by atoms with Gasteiger partial charge in [0.15, 0.2) is 9.84 Å². The molecule has 6 nitrogen and oxygen atoms in total. The maximum absolute atomic E-state index is 12.9. The summed E-state index contributed by atoms with van der Waals surface area (Å²) in [6.45, 7) is 2.73. The number of hydrogen-bond acceptors (Lipinski definition) is 4. The van der Waals surface area contributed by atoms with E-state index in [9.17, 15) is 18.0 Å². The van der Waals surface area contributed by atoms with Crippen molar-refractivity contribution in [2.24, 2.45) is 5.41 Å². The Morgan fingerprint density at radius 2 is 1.56 bits per heavy atom.